The van der Waals surface area contributed by atoms with Crippen molar-refractivity contribution < 1.29 is 13.2 Å². The Bertz CT molecular complexity index is 475. The van der Waals surface area contributed by atoms with Gasteiger partial charge in [-0.05, 0) is 6.07 Å². The summed E-state index contributed by atoms with van der Waals surface area (Å²) in [6.07, 6.45) is -2.21. The lowest BCUT2D eigenvalue weighted by atomic mass is 10.2. The van der Waals surface area contributed by atoms with Gasteiger partial charge >= 0.3 is 6.18 Å². The van der Waals surface area contributed by atoms with Crippen LogP contribution in [0.1, 0.15) is 5.56 Å². The highest BCUT2D eigenvalue weighted by Crippen LogP contribution is 2.32. The van der Waals surface area contributed by atoms with E-state index in [9.17, 15) is 13.2 Å². The van der Waals surface area contributed by atoms with Crippen molar-refractivity contribution in [2.75, 3.05) is 0 Å². The summed E-state index contributed by atoms with van der Waals surface area (Å²) in [5.41, 5.74) is -0.450. The van der Waals surface area contributed by atoms with Gasteiger partial charge in [0.25, 0.3) is 0 Å². The van der Waals surface area contributed by atoms with E-state index in [0.717, 1.165) is 12.3 Å². The van der Waals surface area contributed by atoms with Crippen LogP contribution in [0.2, 0.25) is 5.02 Å². The molecule has 0 aliphatic rings. The second kappa shape index (κ2) is 2.88. The van der Waals surface area contributed by atoms with Crippen LogP contribution in [-0.4, -0.2) is 9.97 Å². The first-order chi connectivity index (χ1) is 6.48. The summed E-state index contributed by atoms with van der Waals surface area (Å²) in [6.45, 7) is 0. The summed E-state index contributed by atoms with van der Waals surface area (Å²) in [4.78, 5) is 6.26. The topological polar surface area (TPSA) is 28.7 Å². The van der Waals surface area contributed by atoms with Crippen LogP contribution >= 0.6 is 11.6 Å². The summed E-state index contributed by atoms with van der Waals surface area (Å²) >= 11 is 5.66. The SMILES string of the molecule is FC(F)(F)c1cnc2[nH]cc(Cl)c2c1. The molecular weight excluding hydrogens is 217 g/mol. The number of aromatic amines is 1. The molecule has 0 amide bonds. The molecule has 0 saturated carbocycles. The summed E-state index contributed by atoms with van der Waals surface area (Å²) in [6, 6.07) is 0.973. The molecule has 0 radical (unpaired) electrons. The Kier molecular flexibility index (Phi) is 1.92. The molecule has 0 aliphatic heterocycles. The van der Waals surface area contributed by atoms with E-state index in [2.05, 4.69) is 9.97 Å². The molecule has 74 valence electrons. The van der Waals surface area contributed by atoms with Gasteiger partial charge in [-0.3, -0.25) is 0 Å². The van der Waals surface area contributed by atoms with Gasteiger partial charge < -0.3 is 4.98 Å². The number of rotatable bonds is 0. The molecule has 2 rings (SSSR count). The molecule has 0 aliphatic carbocycles. The maximum Gasteiger partial charge on any atom is 0.417 e. The van der Waals surface area contributed by atoms with Gasteiger partial charge in [-0.2, -0.15) is 13.2 Å². The summed E-state index contributed by atoms with van der Waals surface area (Å²) < 4.78 is 36.8. The molecule has 1 N–H and O–H groups in total. The third-order valence-corrected chi connectivity index (χ3v) is 2.12. The summed E-state index contributed by atoms with van der Waals surface area (Å²) in [5.74, 6) is 0. The molecule has 2 aromatic rings. The van der Waals surface area contributed by atoms with Crippen molar-refractivity contribution in [1.29, 1.82) is 0 Å². The van der Waals surface area contributed by atoms with Gasteiger partial charge in [-0.25, -0.2) is 4.98 Å². The molecule has 0 fully saturated rings. The Balaban J connectivity index is 2.66. The molecule has 2 aromatic heterocycles. The van der Waals surface area contributed by atoms with Gasteiger partial charge in [-0.1, -0.05) is 11.6 Å². The van der Waals surface area contributed by atoms with Crippen LogP contribution in [0.15, 0.2) is 18.5 Å². The van der Waals surface area contributed by atoms with Crippen LogP contribution in [0.25, 0.3) is 11.0 Å². The van der Waals surface area contributed by atoms with Gasteiger partial charge in [0.05, 0.1) is 10.6 Å². The number of halogens is 4. The minimum atomic E-state index is -4.39. The first kappa shape index (κ1) is 9.33. The molecule has 0 spiro atoms. The lowest BCUT2D eigenvalue weighted by Crippen LogP contribution is -2.04. The van der Waals surface area contributed by atoms with Crippen molar-refractivity contribution in [2.24, 2.45) is 0 Å². The third-order valence-electron chi connectivity index (χ3n) is 1.81. The minimum absolute atomic E-state index is 0.235. The highest BCUT2D eigenvalue weighted by atomic mass is 35.5. The standard InChI is InChI=1S/C8H4ClF3N2/c9-6-3-14-7-5(6)1-4(2-13-7)8(10,11)12/h1-3H,(H,13,14). The van der Waals surface area contributed by atoms with Crippen LogP contribution in [0.3, 0.4) is 0 Å². The Morgan fingerprint density at radius 1 is 1.36 bits per heavy atom. The van der Waals surface area contributed by atoms with E-state index in [4.69, 9.17) is 11.6 Å². The molecule has 0 atom stereocenters. The first-order valence-electron chi connectivity index (χ1n) is 3.68. The number of hydrogen-bond donors (Lipinski definition) is 1. The van der Waals surface area contributed by atoms with E-state index in [1.54, 1.807) is 0 Å². The van der Waals surface area contributed by atoms with Crippen molar-refractivity contribution in [3.8, 4) is 0 Å². The predicted molar refractivity (Wildman–Crippen MR) is 46.1 cm³/mol. The van der Waals surface area contributed by atoms with Crippen LogP contribution in [-0.2, 0) is 6.18 Å². The van der Waals surface area contributed by atoms with Crippen LogP contribution in [0, 0.1) is 0 Å². The number of nitrogens with zero attached hydrogens (tertiary/aromatic N) is 1. The monoisotopic (exact) mass is 220 g/mol. The van der Waals surface area contributed by atoms with Crippen molar-refractivity contribution in [3.63, 3.8) is 0 Å². The molecule has 0 bridgehead atoms. The molecule has 0 unspecified atom stereocenters. The van der Waals surface area contributed by atoms with Gasteiger partial charge in [0.1, 0.15) is 5.65 Å². The van der Waals surface area contributed by atoms with E-state index < -0.39 is 11.7 Å². The van der Waals surface area contributed by atoms with Gasteiger partial charge in [-0.15, -0.1) is 0 Å². The maximum atomic E-state index is 12.3. The van der Waals surface area contributed by atoms with E-state index in [0.29, 0.717) is 5.65 Å². The van der Waals surface area contributed by atoms with E-state index >= 15 is 0 Å². The van der Waals surface area contributed by atoms with Crippen molar-refractivity contribution in [3.05, 3.63) is 29.0 Å². The molecule has 6 heteroatoms. The minimum Gasteiger partial charge on any atom is -0.345 e. The van der Waals surface area contributed by atoms with Crippen molar-refractivity contribution in [1.82, 2.24) is 9.97 Å². The van der Waals surface area contributed by atoms with Crippen LogP contribution in [0.4, 0.5) is 13.2 Å². The van der Waals surface area contributed by atoms with Crippen LogP contribution in [0.5, 0.6) is 0 Å². The fourth-order valence-electron chi connectivity index (χ4n) is 1.13. The fourth-order valence-corrected chi connectivity index (χ4v) is 1.32. The fraction of sp³-hybridized carbons (Fsp3) is 0.125. The zero-order valence-electron chi connectivity index (χ0n) is 6.69. The molecule has 2 nitrogen and oxygen atoms in total. The second-order valence-electron chi connectivity index (χ2n) is 2.75. The summed E-state index contributed by atoms with van der Waals surface area (Å²) in [5, 5.41) is 0.514. The normalized spacial score (nSPS) is 12.3. The molecule has 0 aromatic carbocycles. The van der Waals surface area contributed by atoms with Gasteiger partial charge in [0, 0.05) is 17.8 Å². The zero-order valence-corrected chi connectivity index (χ0v) is 7.45. The Morgan fingerprint density at radius 2 is 2.07 bits per heavy atom. The number of hydrogen-bond acceptors (Lipinski definition) is 1. The van der Waals surface area contributed by atoms with E-state index in [1.807, 2.05) is 0 Å². The largest absolute Gasteiger partial charge is 0.417 e. The first-order valence-corrected chi connectivity index (χ1v) is 4.06. The number of alkyl halides is 3. The second-order valence-corrected chi connectivity index (χ2v) is 3.16. The Labute approximate surface area is 81.7 Å². The lowest BCUT2D eigenvalue weighted by Gasteiger charge is -2.05. The van der Waals surface area contributed by atoms with Crippen molar-refractivity contribution in [2.45, 2.75) is 6.18 Å². The van der Waals surface area contributed by atoms with E-state index in [1.165, 1.54) is 6.20 Å². The van der Waals surface area contributed by atoms with Gasteiger partial charge in [0.2, 0.25) is 0 Å². The quantitative estimate of drug-likeness (QED) is 0.726. The van der Waals surface area contributed by atoms with Gasteiger partial charge in [0.15, 0.2) is 0 Å². The number of fused-ring (bicyclic) bond motifs is 1. The molecule has 0 saturated heterocycles. The van der Waals surface area contributed by atoms with Crippen molar-refractivity contribution >= 4 is 22.6 Å². The zero-order chi connectivity index (χ0) is 10.3. The average Bonchev–Trinajstić information content (AvgIpc) is 2.46. The molecule has 2 heterocycles. The Hall–Kier alpha value is -1.23. The smallest absolute Gasteiger partial charge is 0.345 e. The third kappa shape index (κ3) is 1.43. The number of pyridine rings is 1. The highest BCUT2D eigenvalue weighted by molar-refractivity contribution is 6.35. The predicted octanol–water partition coefficient (Wildman–Crippen LogP) is 3.24. The number of aromatic nitrogens is 2. The Morgan fingerprint density at radius 3 is 2.71 bits per heavy atom. The number of H-pyrrole nitrogens is 1. The number of nitrogens with one attached hydrogen (secondary N) is 1. The summed E-state index contributed by atoms with van der Waals surface area (Å²) in [7, 11) is 0. The lowest BCUT2D eigenvalue weighted by molar-refractivity contribution is -0.137. The average molecular weight is 221 g/mol. The molecular formula is C8H4ClF3N2. The highest BCUT2D eigenvalue weighted by Gasteiger charge is 2.31. The maximum absolute atomic E-state index is 12.3. The van der Waals surface area contributed by atoms with E-state index in [-0.39, 0.29) is 10.4 Å². The molecule has 14 heavy (non-hydrogen) atoms. The van der Waals surface area contributed by atoms with Crippen LogP contribution < -0.4 is 0 Å².